The number of hydrogen-bond donors (Lipinski definition) is 1. The minimum atomic E-state index is -4.77. The first-order valence-corrected chi connectivity index (χ1v) is 6.29. The van der Waals surface area contributed by atoms with Gasteiger partial charge in [-0.2, -0.15) is 0 Å². The van der Waals surface area contributed by atoms with Crippen LogP contribution in [-0.4, -0.2) is 24.0 Å². The van der Waals surface area contributed by atoms with Crippen molar-refractivity contribution in [2.24, 2.45) is 5.41 Å². The monoisotopic (exact) mass is 306 g/mol. The molecule has 0 aliphatic rings. The van der Waals surface area contributed by atoms with Crippen LogP contribution in [0.4, 0.5) is 13.2 Å². The highest BCUT2D eigenvalue weighted by molar-refractivity contribution is 5.77. The van der Waals surface area contributed by atoms with Gasteiger partial charge in [-0.15, -0.1) is 13.2 Å². The van der Waals surface area contributed by atoms with E-state index in [4.69, 9.17) is 4.74 Å². The average Bonchev–Trinajstić information content (AvgIpc) is 2.37. The largest absolute Gasteiger partial charge is 0.573 e. The van der Waals surface area contributed by atoms with Crippen molar-refractivity contribution in [1.82, 2.24) is 0 Å². The fourth-order valence-corrected chi connectivity index (χ4v) is 1.70. The smallest absolute Gasteiger partial charge is 0.465 e. The summed E-state index contributed by atoms with van der Waals surface area (Å²) in [6.07, 6.45) is -5.99. The third-order valence-corrected chi connectivity index (χ3v) is 2.91. The molecule has 0 radical (unpaired) electrons. The van der Waals surface area contributed by atoms with Crippen LogP contribution in [0.1, 0.15) is 32.4 Å². The second kappa shape index (κ2) is 6.34. The number of aliphatic hydroxyl groups excluding tert-OH is 1. The highest BCUT2D eigenvalue weighted by atomic mass is 19.4. The predicted molar refractivity (Wildman–Crippen MR) is 68.5 cm³/mol. The standard InChI is InChI=1S/C14H17F3O4/c1-4-20-12(19)13(2,3)11(18)9-5-7-10(8-6-9)21-14(15,16)17/h5-8,11,18H,4H2,1-3H3. The van der Waals surface area contributed by atoms with E-state index >= 15 is 0 Å². The molecule has 0 amide bonds. The molecule has 0 bridgehead atoms. The number of benzene rings is 1. The molecule has 0 aliphatic heterocycles. The highest BCUT2D eigenvalue weighted by Gasteiger charge is 2.38. The second-order valence-corrected chi connectivity index (χ2v) is 4.96. The van der Waals surface area contributed by atoms with E-state index in [1.165, 1.54) is 26.0 Å². The maximum Gasteiger partial charge on any atom is 0.573 e. The number of esters is 1. The minimum Gasteiger partial charge on any atom is -0.465 e. The quantitative estimate of drug-likeness (QED) is 0.849. The number of aliphatic hydroxyl groups is 1. The van der Waals surface area contributed by atoms with E-state index in [1.54, 1.807) is 6.92 Å². The molecule has 0 saturated carbocycles. The SMILES string of the molecule is CCOC(=O)C(C)(C)C(O)c1ccc(OC(F)(F)F)cc1. The number of carbonyl (C=O) groups is 1. The third-order valence-electron chi connectivity index (χ3n) is 2.91. The zero-order valence-electron chi connectivity index (χ0n) is 11.9. The molecular formula is C14H17F3O4. The molecule has 1 aromatic carbocycles. The summed E-state index contributed by atoms with van der Waals surface area (Å²) < 4.78 is 44.7. The van der Waals surface area contributed by atoms with Gasteiger partial charge in [0.25, 0.3) is 0 Å². The molecule has 0 spiro atoms. The van der Waals surface area contributed by atoms with Gasteiger partial charge in [-0.05, 0) is 38.5 Å². The fraction of sp³-hybridized carbons (Fsp3) is 0.500. The number of rotatable bonds is 5. The molecule has 1 N–H and O–H groups in total. The number of carbonyl (C=O) groups excluding carboxylic acids is 1. The molecule has 21 heavy (non-hydrogen) atoms. The Balaban J connectivity index is 2.88. The molecule has 0 aliphatic carbocycles. The average molecular weight is 306 g/mol. The van der Waals surface area contributed by atoms with E-state index in [0.29, 0.717) is 5.56 Å². The predicted octanol–water partition coefficient (Wildman–Crippen LogP) is 3.21. The van der Waals surface area contributed by atoms with Crippen LogP contribution in [-0.2, 0) is 9.53 Å². The normalized spacial score (nSPS) is 13.7. The van der Waals surface area contributed by atoms with Gasteiger partial charge in [0.2, 0.25) is 0 Å². The summed E-state index contributed by atoms with van der Waals surface area (Å²) in [5, 5.41) is 10.2. The van der Waals surface area contributed by atoms with Crippen LogP contribution in [0.3, 0.4) is 0 Å². The second-order valence-electron chi connectivity index (χ2n) is 4.96. The summed E-state index contributed by atoms with van der Waals surface area (Å²) in [5.41, 5.74) is -0.926. The lowest BCUT2D eigenvalue weighted by Crippen LogP contribution is -2.33. The van der Waals surface area contributed by atoms with Gasteiger partial charge >= 0.3 is 12.3 Å². The Labute approximate surface area is 120 Å². The van der Waals surface area contributed by atoms with Gasteiger partial charge in [0.1, 0.15) is 5.75 Å². The summed E-state index contributed by atoms with van der Waals surface area (Å²) in [4.78, 5) is 11.8. The van der Waals surface area contributed by atoms with Gasteiger partial charge in [0.05, 0.1) is 18.1 Å². The third kappa shape index (κ3) is 4.63. The van der Waals surface area contributed by atoms with Gasteiger partial charge in [0, 0.05) is 0 Å². The molecule has 7 heteroatoms. The molecule has 0 heterocycles. The van der Waals surface area contributed by atoms with Crippen molar-refractivity contribution in [3.05, 3.63) is 29.8 Å². The van der Waals surface area contributed by atoms with Crippen molar-refractivity contribution in [2.45, 2.75) is 33.2 Å². The highest BCUT2D eigenvalue weighted by Crippen LogP contribution is 2.35. The maximum absolute atomic E-state index is 12.0. The molecular weight excluding hydrogens is 289 g/mol. The van der Waals surface area contributed by atoms with Crippen molar-refractivity contribution in [3.8, 4) is 5.75 Å². The van der Waals surface area contributed by atoms with Crippen molar-refractivity contribution in [1.29, 1.82) is 0 Å². The first kappa shape index (κ1) is 17.3. The lowest BCUT2D eigenvalue weighted by atomic mass is 9.82. The van der Waals surface area contributed by atoms with Gasteiger partial charge < -0.3 is 14.6 Å². The Bertz CT molecular complexity index is 480. The van der Waals surface area contributed by atoms with E-state index in [9.17, 15) is 23.1 Å². The van der Waals surface area contributed by atoms with Crippen LogP contribution >= 0.6 is 0 Å². The van der Waals surface area contributed by atoms with Gasteiger partial charge in [0.15, 0.2) is 0 Å². The number of ether oxygens (including phenoxy) is 2. The van der Waals surface area contributed by atoms with E-state index < -0.39 is 29.6 Å². The Morgan fingerprint density at radius 2 is 1.76 bits per heavy atom. The zero-order valence-corrected chi connectivity index (χ0v) is 11.9. The first-order valence-electron chi connectivity index (χ1n) is 6.29. The lowest BCUT2D eigenvalue weighted by Gasteiger charge is -2.28. The van der Waals surface area contributed by atoms with Crippen molar-refractivity contribution in [2.75, 3.05) is 6.61 Å². The molecule has 0 saturated heterocycles. The van der Waals surface area contributed by atoms with Crippen molar-refractivity contribution in [3.63, 3.8) is 0 Å². The van der Waals surface area contributed by atoms with Gasteiger partial charge in [-0.25, -0.2) is 0 Å². The van der Waals surface area contributed by atoms with Crippen LogP contribution in [0.5, 0.6) is 5.75 Å². The Morgan fingerprint density at radius 3 is 2.19 bits per heavy atom. The van der Waals surface area contributed by atoms with E-state index in [0.717, 1.165) is 12.1 Å². The van der Waals surface area contributed by atoms with E-state index in [-0.39, 0.29) is 6.61 Å². The maximum atomic E-state index is 12.0. The first-order chi connectivity index (χ1) is 9.58. The van der Waals surface area contributed by atoms with Crippen LogP contribution < -0.4 is 4.74 Å². The summed E-state index contributed by atoms with van der Waals surface area (Å²) in [7, 11) is 0. The summed E-state index contributed by atoms with van der Waals surface area (Å²) >= 11 is 0. The fourth-order valence-electron chi connectivity index (χ4n) is 1.70. The van der Waals surface area contributed by atoms with Gasteiger partial charge in [-0.3, -0.25) is 4.79 Å². The molecule has 1 unspecified atom stereocenters. The Morgan fingerprint density at radius 1 is 1.24 bits per heavy atom. The topological polar surface area (TPSA) is 55.8 Å². The van der Waals surface area contributed by atoms with Crippen LogP contribution in [0, 0.1) is 5.41 Å². The van der Waals surface area contributed by atoms with Crippen LogP contribution in [0.2, 0.25) is 0 Å². The molecule has 0 aromatic heterocycles. The van der Waals surface area contributed by atoms with E-state index in [1.807, 2.05) is 0 Å². The molecule has 1 rings (SSSR count). The molecule has 118 valence electrons. The Hall–Kier alpha value is -1.76. The summed E-state index contributed by atoms with van der Waals surface area (Å²) in [5.74, 6) is -0.986. The van der Waals surface area contributed by atoms with E-state index in [2.05, 4.69) is 4.74 Å². The summed E-state index contributed by atoms with van der Waals surface area (Å²) in [6, 6.07) is 4.69. The number of hydrogen-bond acceptors (Lipinski definition) is 4. The molecule has 1 atom stereocenters. The number of alkyl halides is 3. The molecule has 4 nitrogen and oxygen atoms in total. The van der Waals surface area contributed by atoms with Crippen LogP contribution in [0.15, 0.2) is 24.3 Å². The summed E-state index contributed by atoms with van der Waals surface area (Å²) in [6.45, 7) is 4.81. The van der Waals surface area contributed by atoms with Crippen molar-refractivity contribution < 1.29 is 32.5 Å². The minimum absolute atomic E-state index is 0.174. The van der Waals surface area contributed by atoms with Crippen LogP contribution in [0.25, 0.3) is 0 Å². The Kier molecular flexibility index (Phi) is 5.22. The molecule has 0 fully saturated rings. The lowest BCUT2D eigenvalue weighted by molar-refractivity contribution is -0.274. The number of halogens is 3. The van der Waals surface area contributed by atoms with Gasteiger partial charge in [-0.1, -0.05) is 12.1 Å². The molecule has 1 aromatic rings. The zero-order chi connectivity index (χ0) is 16.3. The van der Waals surface area contributed by atoms with Crippen molar-refractivity contribution >= 4 is 5.97 Å².